The van der Waals surface area contributed by atoms with Crippen molar-refractivity contribution in [1.29, 1.82) is 0 Å². The quantitative estimate of drug-likeness (QED) is 0.109. The molecule has 1 aromatic carbocycles. The van der Waals surface area contributed by atoms with Gasteiger partial charge < -0.3 is 23.8 Å². The first-order chi connectivity index (χ1) is 23.6. The smallest absolute Gasteiger partial charge is 0.409 e. The fourth-order valence-corrected chi connectivity index (χ4v) is 9.67. The molecule has 1 saturated heterocycles. The highest BCUT2D eigenvalue weighted by molar-refractivity contribution is 5.81. The Hall–Kier alpha value is -2.77. The molecule has 1 aromatic rings. The Morgan fingerprint density at radius 2 is 1.42 bits per heavy atom. The molecule has 1 amide bonds. The number of ether oxygens (including phenoxy) is 4. The highest BCUT2D eigenvalue weighted by Crippen LogP contribution is 2.55. The Kier molecular flexibility index (Phi) is 12.2. The van der Waals surface area contributed by atoms with Crippen LogP contribution in [-0.4, -0.2) is 60.4 Å². The number of rotatable bonds is 14. The zero-order valence-corrected chi connectivity index (χ0v) is 32.3. The molecule has 4 bridgehead atoms. The lowest BCUT2D eigenvalue weighted by atomic mass is 9.55. The molecule has 6 rings (SSSR count). The SMILES string of the molecule is CCCCOC(=O)N1CCC(OC(=O)C(C)(C)CC(C)(CC(CC)c2ccc(OC(C)(C)C)cc2)C(=O)OC2C3CC4CC(C3)CC2C4)CC1. The molecule has 8 heteroatoms. The van der Waals surface area contributed by atoms with Crippen molar-refractivity contribution in [3.05, 3.63) is 29.8 Å². The van der Waals surface area contributed by atoms with Crippen molar-refractivity contribution in [1.82, 2.24) is 4.90 Å². The van der Waals surface area contributed by atoms with Crippen molar-refractivity contribution >= 4 is 18.0 Å². The van der Waals surface area contributed by atoms with Gasteiger partial charge in [0.2, 0.25) is 0 Å². The van der Waals surface area contributed by atoms with Gasteiger partial charge in [0, 0.05) is 25.9 Å². The molecule has 5 fully saturated rings. The zero-order valence-electron chi connectivity index (χ0n) is 32.3. The summed E-state index contributed by atoms with van der Waals surface area (Å²) >= 11 is 0. The minimum absolute atomic E-state index is 0.0163. The zero-order chi connectivity index (χ0) is 36.3. The standard InChI is InChI=1S/C42H65NO7/c1-9-11-20-47-39(46)43-18-16-34(17-19-43)48-37(44)41(6,7)27-42(8,26-30(10-2)31-12-14-35(15-13-31)50-40(3,4)5)38(45)49-36-32-22-28-21-29(24-32)25-33(36)23-28/h12-15,28-30,32-34,36H,9-11,16-27H2,1-8H3. The monoisotopic (exact) mass is 695 g/mol. The lowest BCUT2D eigenvalue weighted by molar-refractivity contribution is -0.185. The normalized spacial score (nSPS) is 27.0. The van der Waals surface area contributed by atoms with Gasteiger partial charge in [0.1, 0.15) is 23.6 Å². The van der Waals surface area contributed by atoms with Crippen molar-refractivity contribution in [3.63, 3.8) is 0 Å². The average molecular weight is 696 g/mol. The molecule has 0 aromatic heterocycles. The average Bonchev–Trinajstić information content (AvgIpc) is 3.04. The second-order valence-corrected chi connectivity index (χ2v) is 18.1. The largest absolute Gasteiger partial charge is 0.488 e. The van der Waals surface area contributed by atoms with Crippen molar-refractivity contribution in [2.75, 3.05) is 19.7 Å². The van der Waals surface area contributed by atoms with E-state index in [9.17, 15) is 14.4 Å². The van der Waals surface area contributed by atoms with Gasteiger partial charge in [-0.05, 0) is 147 Å². The molecule has 2 unspecified atom stereocenters. The van der Waals surface area contributed by atoms with Gasteiger partial charge in [0.15, 0.2) is 0 Å². The van der Waals surface area contributed by atoms with E-state index >= 15 is 0 Å². The molecule has 1 aliphatic heterocycles. The topological polar surface area (TPSA) is 91.4 Å². The van der Waals surface area contributed by atoms with Gasteiger partial charge in [-0.25, -0.2) is 4.79 Å². The van der Waals surface area contributed by atoms with Gasteiger partial charge >= 0.3 is 18.0 Å². The Morgan fingerprint density at radius 3 is 1.96 bits per heavy atom. The van der Waals surface area contributed by atoms with Crippen molar-refractivity contribution < 1.29 is 33.3 Å². The Balaban J connectivity index is 1.29. The molecule has 50 heavy (non-hydrogen) atoms. The van der Waals surface area contributed by atoms with E-state index in [0.717, 1.165) is 42.4 Å². The van der Waals surface area contributed by atoms with Crippen molar-refractivity contribution in [2.24, 2.45) is 34.5 Å². The van der Waals surface area contributed by atoms with Gasteiger partial charge in [-0.1, -0.05) is 32.4 Å². The number of carbonyl (C=O) groups excluding carboxylic acids is 3. The number of unbranched alkanes of at least 4 members (excludes halogenated alkanes) is 1. The molecule has 4 saturated carbocycles. The summed E-state index contributed by atoms with van der Waals surface area (Å²) in [6.45, 7) is 17.6. The van der Waals surface area contributed by atoms with E-state index < -0.39 is 10.8 Å². The molecule has 0 radical (unpaired) electrons. The number of nitrogens with zero attached hydrogens (tertiary/aromatic N) is 1. The van der Waals surface area contributed by atoms with Gasteiger partial charge in [-0.15, -0.1) is 0 Å². The maximum atomic E-state index is 14.6. The molecule has 0 spiro atoms. The fraction of sp³-hybridized carbons (Fsp3) is 0.786. The summed E-state index contributed by atoms with van der Waals surface area (Å²) in [6.07, 6.45) is 10.2. The Bertz CT molecular complexity index is 1280. The second-order valence-electron chi connectivity index (χ2n) is 18.1. The predicted molar refractivity (Wildman–Crippen MR) is 195 cm³/mol. The van der Waals surface area contributed by atoms with Crippen LogP contribution < -0.4 is 4.74 Å². The maximum Gasteiger partial charge on any atom is 0.409 e. The Labute approximate surface area is 301 Å². The van der Waals surface area contributed by atoms with Crippen LogP contribution in [0.3, 0.4) is 0 Å². The van der Waals surface area contributed by atoms with Gasteiger partial charge in [0.05, 0.1) is 17.4 Å². The highest BCUT2D eigenvalue weighted by Gasteiger charge is 2.52. The predicted octanol–water partition coefficient (Wildman–Crippen LogP) is 9.48. The highest BCUT2D eigenvalue weighted by atomic mass is 16.6. The van der Waals surface area contributed by atoms with Crippen LogP contribution in [0.25, 0.3) is 0 Å². The van der Waals surface area contributed by atoms with Gasteiger partial charge in [-0.2, -0.15) is 0 Å². The van der Waals surface area contributed by atoms with E-state index in [2.05, 4.69) is 26.0 Å². The number of hydrogen-bond donors (Lipinski definition) is 0. The van der Waals surface area contributed by atoms with E-state index in [1.54, 1.807) is 4.90 Å². The number of carbonyl (C=O) groups is 3. The van der Waals surface area contributed by atoms with Gasteiger partial charge in [0.25, 0.3) is 0 Å². The number of benzene rings is 1. The van der Waals surface area contributed by atoms with Crippen LogP contribution in [0.15, 0.2) is 24.3 Å². The van der Waals surface area contributed by atoms with Crippen LogP contribution in [0, 0.1) is 34.5 Å². The molecule has 0 N–H and O–H groups in total. The number of likely N-dealkylation sites (tertiary alicyclic amines) is 1. The summed E-state index contributed by atoms with van der Waals surface area (Å²) in [4.78, 5) is 42.6. The molecule has 1 heterocycles. The Morgan fingerprint density at radius 1 is 0.820 bits per heavy atom. The summed E-state index contributed by atoms with van der Waals surface area (Å²) in [5.74, 6) is 2.96. The molecule has 4 aliphatic carbocycles. The van der Waals surface area contributed by atoms with Crippen LogP contribution in [-0.2, 0) is 23.8 Å². The summed E-state index contributed by atoms with van der Waals surface area (Å²) in [5.41, 5.74) is -0.952. The lowest BCUT2D eigenvalue weighted by Gasteiger charge is -2.54. The molecular weight excluding hydrogens is 630 g/mol. The summed E-state index contributed by atoms with van der Waals surface area (Å²) in [5, 5.41) is 0. The van der Waals surface area contributed by atoms with E-state index in [0.29, 0.717) is 57.2 Å². The second kappa shape index (κ2) is 15.9. The maximum absolute atomic E-state index is 14.6. The van der Waals surface area contributed by atoms with Crippen LogP contribution in [0.2, 0.25) is 0 Å². The summed E-state index contributed by atoms with van der Waals surface area (Å²) in [6, 6.07) is 8.27. The fourth-order valence-electron chi connectivity index (χ4n) is 9.67. The molecule has 2 atom stereocenters. The summed E-state index contributed by atoms with van der Waals surface area (Å²) in [7, 11) is 0. The van der Waals surface area contributed by atoms with Crippen molar-refractivity contribution in [2.45, 2.75) is 156 Å². The first kappa shape index (κ1) is 38.5. The number of hydrogen-bond acceptors (Lipinski definition) is 7. The first-order valence-corrected chi connectivity index (χ1v) is 19.7. The third-order valence-electron chi connectivity index (χ3n) is 11.9. The number of esters is 2. The van der Waals surface area contributed by atoms with Crippen LogP contribution in [0.4, 0.5) is 4.79 Å². The summed E-state index contributed by atoms with van der Waals surface area (Å²) < 4.78 is 24.2. The van der Waals surface area contributed by atoms with E-state index in [1.165, 1.54) is 32.1 Å². The molecule has 5 aliphatic rings. The third kappa shape index (κ3) is 9.56. The van der Waals surface area contributed by atoms with Crippen LogP contribution >= 0.6 is 0 Å². The van der Waals surface area contributed by atoms with Crippen LogP contribution in [0.1, 0.15) is 144 Å². The van der Waals surface area contributed by atoms with Gasteiger partial charge in [-0.3, -0.25) is 9.59 Å². The minimum atomic E-state index is -0.920. The molecule has 280 valence electrons. The van der Waals surface area contributed by atoms with E-state index in [-0.39, 0.29) is 41.8 Å². The van der Waals surface area contributed by atoms with E-state index in [4.69, 9.17) is 18.9 Å². The van der Waals surface area contributed by atoms with Crippen molar-refractivity contribution in [3.8, 4) is 5.75 Å². The lowest BCUT2D eigenvalue weighted by Crippen LogP contribution is -2.51. The molecular formula is C42H65NO7. The molecule has 8 nitrogen and oxygen atoms in total. The third-order valence-corrected chi connectivity index (χ3v) is 11.9. The van der Waals surface area contributed by atoms with E-state index in [1.807, 2.05) is 53.7 Å². The minimum Gasteiger partial charge on any atom is -0.488 e. The first-order valence-electron chi connectivity index (χ1n) is 19.7. The number of amides is 1. The van der Waals surface area contributed by atoms with Crippen LogP contribution in [0.5, 0.6) is 5.75 Å². The number of piperidine rings is 1.